The van der Waals surface area contributed by atoms with Crippen molar-refractivity contribution in [3.8, 4) is 17.4 Å². The van der Waals surface area contributed by atoms with Crippen LogP contribution in [0.25, 0.3) is 0 Å². The van der Waals surface area contributed by atoms with Crippen LogP contribution in [0.15, 0.2) is 47.6 Å². The van der Waals surface area contributed by atoms with Crippen molar-refractivity contribution >= 4 is 29.9 Å². The fourth-order valence-electron chi connectivity index (χ4n) is 3.27. The Morgan fingerprint density at radius 1 is 1.19 bits per heavy atom. The van der Waals surface area contributed by atoms with Gasteiger partial charge in [-0.1, -0.05) is 25.1 Å². The monoisotopic (exact) mass is 540 g/mol. The maximum Gasteiger partial charge on any atom is 0.224 e. The fraction of sp³-hybridized carbons (Fsp3) is 0.478. The maximum atomic E-state index is 6.10. The van der Waals surface area contributed by atoms with Gasteiger partial charge in [-0.2, -0.15) is 0 Å². The highest BCUT2D eigenvalue weighted by Gasteiger charge is 2.29. The van der Waals surface area contributed by atoms with E-state index in [0.717, 1.165) is 31.4 Å². The summed E-state index contributed by atoms with van der Waals surface area (Å²) in [5, 5.41) is 6.69. The first-order valence-electron chi connectivity index (χ1n) is 10.6. The number of benzene rings is 1. The van der Waals surface area contributed by atoms with E-state index in [9.17, 15) is 0 Å². The molecule has 0 saturated carbocycles. The van der Waals surface area contributed by atoms with Crippen LogP contribution >= 0.6 is 24.0 Å². The third-order valence-corrected chi connectivity index (χ3v) is 4.97. The van der Waals surface area contributed by atoms with Gasteiger partial charge in [-0.05, 0) is 44.4 Å². The van der Waals surface area contributed by atoms with Crippen LogP contribution < -0.4 is 20.1 Å². The van der Waals surface area contributed by atoms with Gasteiger partial charge in [0.15, 0.2) is 17.5 Å². The zero-order chi connectivity index (χ0) is 21.2. The lowest BCUT2D eigenvalue weighted by molar-refractivity contribution is 0.0243. The van der Waals surface area contributed by atoms with Gasteiger partial charge in [-0.25, -0.2) is 4.98 Å². The Kier molecular flexibility index (Phi) is 10.3. The second-order valence-corrected chi connectivity index (χ2v) is 7.55. The van der Waals surface area contributed by atoms with Crippen LogP contribution in [0.3, 0.4) is 0 Å². The van der Waals surface area contributed by atoms with Gasteiger partial charge in [0.25, 0.3) is 0 Å². The third-order valence-electron chi connectivity index (χ3n) is 4.97. The van der Waals surface area contributed by atoms with Crippen LogP contribution in [-0.4, -0.2) is 43.4 Å². The smallest absolute Gasteiger partial charge is 0.224 e. The standard InChI is InChI=1S/C23H32N4O3.HI/c1-4-14-28-19-10-5-6-11-20(19)30-21-18(9-7-13-25-21)16-26-22(24-3)27-17-23(2)12-8-15-29-23;/h5-7,9-11,13H,4,8,12,14-17H2,1-3H3,(H2,24,26,27);1H. The summed E-state index contributed by atoms with van der Waals surface area (Å²) in [4.78, 5) is 8.74. The molecule has 0 spiro atoms. The Morgan fingerprint density at radius 2 is 2.00 bits per heavy atom. The number of nitrogens with zero attached hydrogens (tertiary/aromatic N) is 2. The number of guanidine groups is 1. The highest BCUT2D eigenvalue weighted by Crippen LogP contribution is 2.32. The number of ether oxygens (including phenoxy) is 3. The molecule has 2 N–H and O–H groups in total. The summed E-state index contributed by atoms with van der Waals surface area (Å²) >= 11 is 0. The molecule has 1 unspecified atom stereocenters. The van der Waals surface area contributed by atoms with Crippen molar-refractivity contribution in [2.45, 2.75) is 45.3 Å². The number of hydrogen-bond acceptors (Lipinski definition) is 5. The Hall–Kier alpha value is -2.07. The predicted molar refractivity (Wildman–Crippen MR) is 134 cm³/mol. The summed E-state index contributed by atoms with van der Waals surface area (Å²) in [6, 6.07) is 11.5. The first-order valence-corrected chi connectivity index (χ1v) is 10.6. The molecule has 7 nitrogen and oxygen atoms in total. The summed E-state index contributed by atoms with van der Waals surface area (Å²) < 4.78 is 17.7. The van der Waals surface area contributed by atoms with Crippen LogP contribution in [0.2, 0.25) is 0 Å². The van der Waals surface area contributed by atoms with Gasteiger partial charge in [0.2, 0.25) is 5.88 Å². The van der Waals surface area contributed by atoms with Crippen molar-refractivity contribution in [2.75, 3.05) is 26.8 Å². The van der Waals surface area contributed by atoms with Gasteiger partial charge < -0.3 is 24.8 Å². The average molecular weight is 540 g/mol. The number of para-hydroxylation sites is 2. The lowest BCUT2D eigenvalue weighted by Gasteiger charge is -2.24. The second kappa shape index (κ2) is 12.7. The largest absolute Gasteiger partial charge is 0.490 e. The van der Waals surface area contributed by atoms with Crippen molar-refractivity contribution in [3.05, 3.63) is 48.2 Å². The van der Waals surface area contributed by atoms with Crippen LogP contribution in [0.5, 0.6) is 17.4 Å². The van der Waals surface area contributed by atoms with Crippen molar-refractivity contribution in [1.82, 2.24) is 15.6 Å². The molecule has 1 aromatic heterocycles. The summed E-state index contributed by atoms with van der Waals surface area (Å²) in [5.74, 6) is 2.62. The number of aliphatic imine (C=N–C) groups is 1. The number of halogens is 1. The number of hydrogen-bond donors (Lipinski definition) is 2. The van der Waals surface area contributed by atoms with Gasteiger partial charge in [-0.3, -0.25) is 4.99 Å². The highest BCUT2D eigenvalue weighted by molar-refractivity contribution is 14.0. The van der Waals surface area contributed by atoms with Gasteiger partial charge in [0, 0.05) is 38.5 Å². The number of rotatable bonds is 9. The molecule has 1 fully saturated rings. The molecule has 1 aliphatic heterocycles. The summed E-state index contributed by atoms with van der Waals surface area (Å²) in [7, 11) is 1.76. The van der Waals surface area contributed by atoms with Crippen LogP contribution in [0, 0.1) is 0 Å². The van der Waals surface area contributed by atoms with E-state index >= 15 is 0 Å². The molecule has 0 aliphatic carbocycles. The molecule has 0 amide bonds. The molecule has 0 radical (unpaired) electrons. The molecule has 1 aromatic carbocycles. The van der Waals surface area contributed by atoms with E-state index in [1.54, 1.807) is 13.2 Å². The van der Waals surface area contributed by atoms with Gasteiger partial charge in [-0.15, -0.1) is 24.0 Å². The Bertz CT molecular complexity index is 841. The van der Waals surface area contributed by atoms with Crippen molar-refractivity contribution in [1.29, 1.82) is 0 Å². The van der Waals surface area contributed by atoms with Crippen LogP contribution in [0.1, 0.15) is 38.7 Å². The molecule has 1 saturated heterocycles. The normalized spacial score (nSPS) is 18.2. The lowest BCUT2D eigenvalue weighted by Crippen LogP contribution is -2.45. The Balaban J connectivity index is 0.00000341. The van der Waals surface area contributed by atoms with E-state index < -0.39 is 0 Å². The van der Waals surface area contributed by atoms with E-state index in [0.29, 0.717) is 43.0 Å². The van der Waals surface area contributed by atoms with Gasteiger partial charge >= 0.3 is 0 Å². The predicted octanol–water partition coefficient (Wildman–Crippen LogP) is 4.51. The molecule has 1 aliphatic rings. The lowest BCUT2D eigenvalue weighted by atomic mass is 10.0. The molecule has 31 heavy (non-hydrogen) atoms. The minimum Gasteiger partial charge on any atom is -0.490 e. The molecule has 2 aromatic rings. The molecule has 0 bridgehead atoms. The first kappa shape index (κ1) is 25.2. The molecular weight excluding hydrogens is 507 g/mol. The minimum atomic E-state index is -0.137. The topological polar surface area (TPSA) is 77.0 Å². The quantitative estimate of drug-likeness (QED) is 0.277. The number of pyridine rings is 1. The Labute approximate surface area is 202 Å². The molecule has 3 rings (SSSR count). The van der Waals surface area contributed by atoms with Gasteiger partial charge in [0.05, 0.1) is 12.2 Å². The summed E-state index contributed by atoms with van der Waals surface area (Å²) in [5.41, 5.74) is 0.789. The van der Waals surface area contributed by atoms with Crippen molar-refractivity contribution in [2.24, 2.45) is 4.99 Å². The molecule has 1 atom stereocenters. The van der Waals surface area contributed by atoms with Gasteiger partial charge in [0.1, 0.15) is 0 Å². The van der Waals surface area contributed by atoms with E-state index in [-0.39, 0.29) is 29.6 Å². The number of nitrogens with one attached hydrogen (secondary N) is 2. The molecule has 170 valence electrons. The molecular formula is C23H33IN4O3. The highest BCUT2D eigenvalue weighted by atomic mass is 127. The van der Waals surface area contributed by atoms with E-state index in [4.69, 9.17) is 14.2 Å². The summed E-state index contributed by atoms with van der Waals surface area (Å²) in [6.07, 6.45) is 4.81. The van der Waals surface area contributed by atoms with Crippen LogP contribution in [0.4, 0.5) is 0 Å². The molecule has 2 heterocycles. The zero-order valence-corrected chi connectivity index (χ0v) is 20.8. The zero-order valence-electron chi connectivity index (χ0n) is 18.5. The minimum absolute atomic E-state index is 0. The fourth-order valence-corrected chi connectivity index (χ4v) is 3.27. The maximum absolute atomic E-state index is 6.10. The number of aromatic nitrogens is 1. The Morgan fingerprint density at radius 3 is 2.71 bits per heavy atom. The van der Waals surface area contributed by atoms with Crippen LogP contribution in [-0.2, 0) is 11.3 Å². The van der Waals surface area contributed by atoms with Crippen molar-refractivity contribution in [3.63, 3.8) is 0 Å². The average Bonchev–Trinajstić information content (AvgIpc) is 3.21. The SMILES string of the molecule is CCCOc1ccccc1Oc1ncccc1CNC(=NC)NCC1(C)CCCO1.I. The van der Waals surface area contributed by atoms with E-state index in [1.165, 1.54) is 0 Å². The first-order chi connectivity index (χ1) is 14.6. The van der Waals surface area contributed by atoms with Crippen molar-refractivity contribution < 1.29 is 14.2 Å². The van der Waals surface area contributed by atoms with E-state index in [1.807, 2.05) is 36.4 Å². The second-order valence-electron chi connectivity index (χ2n) is 7.55. The van der Waals surface area contributed by atoms with E-state index in [2.05, 4.69) is 34.5 Å². The molecule has 8 heteroatoms. The third kappa shape index (κ3) is 7.53. The summed E-state index contributed by atoms with van der Waals surface area (Å²) in [6.45, 7) is 6.91.